The number of aliphatic hydroxyl groups excluding tert-OH is 1. The van der Waals surface area contributed by atoms with Gasteiger partial charge < -0.3 is 10.0 Å². The third-order valence-corrected chi connectivity index (χ3v) is 3.44. The lowest BCUT2D eigenvalue weighted by Gasteiger charge is -2.18. The van der Waals surface area contributed by atoms with Crippen LogP contribution in [0.1, 0.15) is 25.3 Å². The fourth-order valence-corrected chi connectivity index (χ4v) is 2.22. The van der Waals surface area contributed by atoms with Crippen molar-refractivity contribution in [2.45, 2.75) is 32.4 Å². The van der Waals surface area contributed by atoms with E-state index in [2.05, 4.69) is 30.3 Å². The van der Waals surface area contributed by atoms with Crippen LogP contribution in [0.4, 0.5) is 0 Å². The van der Waals surface area contributed by atoms with E-state index in [1.807, 2.05) is 12.1 Å². The number of fused-ring (bicyclic) bond motifs is 1. The Hall–Kier alpha value is -1.87. The van der Waals surface area contributed by atoms with Crippen LogP contribution >= 0.6 is 0 Å². The predicted octanol–water partition coefficient (Wildman–Crippen LogP) is 2.96. The highest BCUT2D eigenvalue weighted by atomic mass is 16.3. The van der Waals surface area contributed by atoms with Gasteiger partial charge in [0.1, 0.15) is 0 Å². The molecule has 2 aromatic rings. The minimum atomic E-state index is -0.423. The summed E-state index contributed by atoms with van der Waals surface area (Å²) in [6.45, 7) is 2.31. The van der Waals surface area contributed by atoms with Crippen molar-refractivity contribution in [2.24, 2.45) is 0 Å². The standard InChI is InChI=1S/C17H21NO2/c1-13(19)7-10-17(20)18(2)12-14-8-9-15-5-3-4-6-16(15)11-14/h3-6,8-9,11,13,19H,7,10,12H2,1-2H3. The molecule has 0 bridgehead atoms. The van der Waals surface area contributed by atoms with Gasteiger partial charge in [-0.3, -0.25) is 4.79 Å². The van der Waals surface area contributed by atoms with Gasteiger partial charge in [0, 0.05) is 20.0 Å². The molecule has 2 aromatic carbocycles. The Balaban J connectivity index is 2.02. The van der Waals surface area contributed by atoms with Crippen LogP contribution in [-0.2, 0) is 11.3 Å². The van der Waals surface area contributed by atoms with E-state index >= 15 is 0 Å². The molecule has 20 heavy (non-hydrogen) atoms. The number of amides is 1. The fourth-order valence-electron chi connectivity index (χ4n) is 2.22. The normalized spacial score (nSPS) is 12.3. The van der Waals surface area contributed by atoms with E-state index in [4.69, 9.17) is 0 Å². The second-order valence-corrected chi connectivity index (χ2v) is 5.32. The first-order chi connectivity index (χ1) is 9.56. The highest BCUT2D eigenvalue weighted by Gasteiger charge is 2.10. The second kappa shape index (κ2) is 6.53. The predicted molar refractivity (Wildman–Crippen MR) is 81.3 cm³/mol. The Morgan fingerprint density at radius 3 is 2.60 bits per heavy atom. The van der Waals surface area contributed by atoms with Crippen molar-refractivity contribution < 1.29 is 9.90 Å². The van der Waals surface area contributed by atoms with Gasteiger partial charge in [-0.1, -0.05) is 36.4 Å². The quantitative estimate of drug-likeness (QED) is 0.908. The maximum Gasteiger partial charge on any atom is 0.222 e. The number of carbonyl (C=O) groups is 1. The molecule has 3 nitrogen and oxygen atoms in total. The highest BCUT2D eigenvalue weighted by molar-refractivity contribution is 5.83. The van der Waals surface area contributed by atoms with Gasteiger partial charge in [-0.15, -0.1) is 0 Å². The summed E-state index contributed by atoms with van der Waals surface area (Å²) < 4.78 is 0. The molecule has 0 saturated heterocycles. The van der Waals surface area contributed by atoms with E-state index in [9.17, 15) is 9.90 Å². The molecule has 1 amide bonds. The summed E-state index contributed by atoms with van der Waals surface area (Å²) in [7, 11) is 1.81. The van der Waals surface area contributed by atoms with Crippen molar-refractivity contribution in [3.63, 3.8) is 0 Å². The van der Waals surface area contributed by atoms with Crippen molar-refractivity contribution in [3.8, 4) is 0 Å². The maximum atomic E-state index is 11.9. The number of benzene rings is 2. The van der Waals surface area contributed by atoms with Crippen LogP contribution in [0.15, 0.2) is 42.5 Å². The zero-order valence-corrected chi connectivity index (χ0v) is 12.0. The van der Waals surface area contributed by atoms with Crippen molar-refractivity contribution in [2.75, 3.05) is 7.05 Å². The average molecular weight is 271 g/mol. The summed E-state index contributed by atoms with van der Waals surface area (Å²) in [5.74, 6) is 0.0686. The van der Waals surface area contributed by atoms with Crippen LogP contribution in [0.2, 0.25) is 0 Å². The molecule has 0 spiro atoms. The number of hydrogen-bond acceptors (Lipinski definition) is 2. The minimum Gasteiger partial charge on any atom is -0.393 e. The van der Waals surface area contributed by atoms with Crippen molar-refractivity contribution >= 4 is 16.7 Å². The molecule has 0 aliphatic heterocycles. The fraction of sp³-hybridized carbons (Fsp3) is 0.353. The molecule has 1 unspecified atom stereocenters. The zero-order valence-electron chi connectivity index (χ0n) is 12.0. The Morgan fingerprint density at radius 2 is 1.90 bits per heavy atom. The Labute approximate surface area is 119 Å². The summed E-state index contributed by atoms with van der Waals surface area (Å²) in [6.07, 6.45) is 0.482. The van der Waals surface area contributed by atoms with Gasteiger partial charge in [0.2, 0.25) is 5.91 Å². The third kappa shape index (κ3) is 3.81. The third-order valence-electron chi connectivity index (χ3n) is 3.44. The molecule has 1 N–H and O–H groups in total. The smallest absolute Gasteiger partial charge is 0.222 e. The molecule has 0 heterocycles. The SMILES string of the molecule is CC(O)CCC(=O)N(C)Cc1ccc2ccccc2c1. The minimum absolute atomic E-state index is 0.0686. The topological polar surface area (TPSA) is 40.5 Å². The van der Waals surface area contributed by atoms with Gasteiger partial charge in [-0.25, -0.2) is 0 Å². The number of aliphatic hydroxyl groups is 1. The van der Waals surface area contributed by atoms with Gasteiger partial charge in [-0.2, -0.15) is 0 Å². The van der Waals surface area contributed by atoms with Crippen molar-refractivity contribution in [1.29, 1.82) is 0 Å². The zero-order chi connectivity index (χ0) is 14.5. The van der Waals surface area contributed by atoms with Crippen LogP contribution < -0.4 is 0 Å². The molecule has 1 atom stereocenters. The summed E-state index contributed by atoms with van der Waals surface area (Å²) in [5, 5.41) is 11.6. The van der Waals surface area contributed by atoms with Gasteiger partial charge >= 0.3 is 0 Å². The Kier molecular flexibility index (Phi) is 4.74. The van der Waals surface area contributed by atoms with Crippen LogP contribution in [-0.4, -0.2) is 29.1 Å². The summed E-state index contributed by atoms with van der Waals surface area (Å²) in [4.78, 5) is 13.6. The van der Waals surface area contributed by atoms with Gasteiger partial charge in [0.15, 0.2) is 0 Å². The first-order valence-electron chi connectivity index (χ1n) is 6.96. The van der Waals surface area contributed by atoms with E-state index in [0.29, 0.717) is 19.4 Å². The molecule has 3 heteroatoms. The van der Waals surface area contributed by atoms with Crippen LogP contribution in [0.5, 0.6) is 0 Å². The summed E-state index contributed by atoms with van der Waals surface area (Å²) in [6, 6.07) is 14.5. The lowest BCUT2D eigenvalue weighted by molar-refractivity contribution is -0.131. The maximum absolute atomic E-state index is 11.9. The van der Waals surface area contributed by atoms with E-state index < -0.39 is 6.10 Å². The van der Waals surface area contributed by atoms with Crippen LogP contribution in [0.3, 0.4) is 0 Å². The Morgan fingerprint density at radius 1 is 1.20 bits per heavy atom. The van der Waals surface area contributed by atoms with Crippen LogP contribution in [0, 0.1) is 0 Å². The monoisotopic (exact) mass is 271 g/mol. The molecule has 2 rings (SSSR count). The molecular weight excluding hydrogens is 250 g/mol. The Bertz CT molecular complexity index is 592. The van der Waals surface area contributed by atoms with E-state index in [-0.39, 0.29) is 5.91 Å². The van der Waals surface area contributed by atoms with Gasteiger partial charge in [0.25, 0.3) is 0 Å². The number of hydrogen-bond donors (Lipinski definition) is 1. The number of rotatable bonds is 5. The first-order valence-corrected chi connectivity index (χ1v) is 6.96. The molecule has 0 radical (unpaired) electrons. The molecule has 0 aliphatic carbocycles. The van der Waals surface area contributed by atoms with E-state index in [1.165, 1.54) is 10.8 Å². The van der Waals surface area contributed by atoms with E-state index in [0.717, 1.165) is 5.56 Å². The van der Waals surface area contributed by atoms with Gasteiger partial charge in [-0.05, 0) is 35.7 Å². The molecule has 0 saturated carbocycles. The molecule has 106 valence electrons. The molecule has 0 aromatic heterocycles. The molecule has 0 aliphatic rings. The lowest BCUT2D eigenvalue weighted by Crippen LogP contribution is -2.26. The van der Waals surface area contributed by atoms with Crippen molar-refractivity contribution in [1.82, 2.24) is 4.90 Å². The van der Waals surface area contributed by atoms with Crippen LogP contribution in [0.25, 0.3) is 10.8 Å². The number of nitrogens with zero attached hydrogens (tertiary/aromatic N) is 1. The average Bonchev–Trinajstić information content (AvgIpc) is 2.44. The largest absolute Gasteiger partial charge is 0.393 e. The second-order valence-electron chi connectivity index (χ2n) is 5.32. The lowest BCUT2D eigenvalue weighted by atomic mass is 10.1. The molecular formula is C17H21NO2. The first kappa shape index (κ1) is 14.5. The summed E-state index contributed by atoms with van der Waals surface area (Å²) in [5.41, 5.74) is 1.12. The summed E-state index contributed by atoms with van der Waals surface area (Å²) >= 11 is 0. The van der Waals surface area contributed by atoms with Crippen molar-refractivity contribution in [3.05, 3.63) is 48.0 Å². The number of carbonyl (C=O) groups excluding carboxylic acids is 1. The van der Waals surface area contributed by atoms with Gasteiger partial charge in [0.05, 0.1) is 6.10 Å². The van der Waals surface area contributed by atoms with E-state index in [1.54, 1.807) is 18.9 Å². The molecule has 0 fully saturated rings. The highest BCUT2D eigenvalue weighted by Crippen LogP contribution is 2.16.